The van der Waals surface area contributed by atoms with E-state index in [1.165, 1.54) is 6.08 Å². The first-order valence-electron chi connectivity index (χ1n) is 5.93. The quantitative estimate of drug-likeness (QED) is 0.824. The summed E-state index contributed by atoms with van der Waals surface area (Å²) in [5, 5.41) is -0.586. The van der Waals surface area contributed by atoms with Gasteiger partial charge in [0.15, 0.2) is 15.6 Å². The van der Waals surface area contributed by atoms with E-state index in [1.807, 2.05) is 6.92 Å². The second-order valence-corrected chi connectivity index (χ2v) is 6.88. The molecule has 0 unspecified atom stereocenters. The molecule has 0 heterocycles. The second kappa shape index (κ2) is 4.69. The number of hydrogen-bond acceptors (Lipinski definition) is 3. The maximum atomic E-state index is 12.6. The molecule has 96 valence electrons. The zero-order valence-electron chi connectivity index (χ0n) is 10.5. The predicted octanol–water partition coefficient (Wildman–Crippen LogP) is 2.38. The fourth-order valence-corrected chi connectivity index (χ4v) is 4.67. The summed E-state index contributed by atoms with van der Waals surface area (Å²) in [6.07, 6.45) is 1.76. The molecule has 0 aliphatic heterocycles. The van der Waals surface area contributed by atoms with Crippen LogP contribution in [-0.2, 0) is 14.6 Å². The highest BCUT2D eigenvalue weighted by Crippen LogP contribution is 2.32. The lowest BCUT2D eigenvalue weighted by atomic mass is 9.90. The van der Waals surface area contributed by atoms with E-state index in [4.69, 9.17) is 0 Å². The van der Waals surface area contributed by atoms with Gasteiger partial charge < -0.3 is 0 Å². The number of allylic oxidation sites excluding steroid dienone is 1. The lowest BCUT2D eigenvalue weighted by Gasteiger charge is -2.27. The molecule has 3 nitrogen and oxygen atoms in total. The summed E-state index contributed by atoms with van der Waals surface area (Å²) in [6.45, 7) is 3.54. The van der Waals surface area contributed by atoms with Crippen LogP contribution in [0.3, 0.4) is 0 Å². The van der Waals surface area contributed by atoms with Gasteiger partial charge in [0.2, 0.25) is 0 Å². The molecule has 0 N–H and O–H groups in total. The summed E-state index contributed by atoms with van der Waals surface area (Å²) in [5.74, 6) is -0.160. The highest BCUT2D eigenvalue weighted by molar-refractivity contribution is 7.92. The lowest BCUT2D eigenvalue weighted by molar-refractivity contribution is -0.115. The highest BCUT2D eigenvalue weighted by atomic mass is 32.2. The molecule has 0 bridgehead atoms. The molecule has 0 radical (unpaired) electrons. The molecule has 2 atom stereocenters. The number of rotatable bonds is 2. The van der Waals surface area contributed by atoms with E-state index in [-0.39, 0.29) is 11.7 Å². The Morgan fingerprint density at radius 3 is 2.33 bits per heavy atom. The first kappa shape index (κ1) is 13.0. The van der Waals surface area contributed by atoms with Crippen LogP contribution in [0.4, 0.5) is 0 Å². The summed E-state index contributed by atoms with van der Waals surface area (Å²) in [6, 6.07) is 8.42. The molecule has 1 aliphatic carbocycles. The van der Waals surface area contributed by atoms with Gasteiger partial charge in [-0.3, -0.25) is 4.79 Å². The maximum Gasteiger partial charge on any atom is 0.185 e. The first-order chi connectivity index (χ1) is 8.43. The van der Waals surface area contributed by atoms with E-state index in [0.717, 1.165) is 0 Å². The van der Waals surface area contributed by atoms with Crippen molar-refractivity contribution in [2.24, 2.45) is 5.92 Å². The Hall–Kier alpha value is -1.42. The Labute approximate surface area is 107 Å². The van der Waals surface area contributed by atoms with E-state index in [2.05, 4.69) is 0 Å². The largest absolute Gasteiger partial charge is 0.295 e. The van der Waals surface area contributed by atoms with E-state index in [1.54, 1.807) is 37.3 Å². The Morgan fingerprint density at radius 2 is 1.78 bits per heavy atom. The van der Waals surface area contributed by atoms with Gasteiger partial charge in [-0.05, 0) is 31.1 Å². The standard InChI is InChI=1S/C14H16O3S/c1-10-8-12(15)9-11(2)14(10)18(16,17)13-6-4-3-5-7-13/h3-8,11,14H,9H2,1-2H3/t11-,14-/m0/s1. The minimum Gasteiger partial charge on any atom is -0.295 e. The van der Waals surface area contributed by atoms with Crippen molar-refractivity contribution >= 4 is 15.6 Å². The molecule has 18 heavy (non-hydrogen) atoms. The van der Waals surface area contributed by atoms with Crippen LogP contribution in [-0.4, -0.2) is 19.5 Å². The molecule has 0 amide bonds. The third-order valence-corrected chi connectivity index (χ3v) is 5.72. The molecular weight excluding hydrogens is 248 g/mol. The van der Waals surface area contributed by atoms with E-state index >= 15 is 0 Å². The zero-order chi connectivity index (χ0) is 13.3. The molecular formula is C14H16O3S. The van der Waals surface area contributed by atoms with E-state index < -0.39 is 15.1 Å². The second-order valence-electron chi connectivity index (χ2n) is 4.81. The minimum absolute atomic E-state index is 0.0134. The van der Waals surface area contributed by atoms with Crippen molar-refractivity contribution in [1.82, 2.24) is 0 Å². The Kier molecular flexibility index (Phi) is 3.39. The van der Waals surface area contributed by atoms with Gasteiger partial charge in [0.05, 0.1) is 10.1 Å². The van der Waals surface area contributed by atoms with Crippen LogP contribution in [0.5, 0.6) is 0 Å². The molecule has 1 aromatic carbocycles. The number of benzene rings is 1. The van der Waals surface area contributed by atoms with Crippen LogP contribution < -0.4 is 0 Å². The number of carbonyl (C=O) groups is 1. The number of ketones is 1. The fraction of sp³-hybridized carbons (Fsp3) is 0.357. The van der Waals surface area contributed by atoms with Crippen molar-refractivity contribution < 1.29 is 13.2 Å². The third kappa shape index (κ3) is 2.25. The average Bonchev–Trinajstić information content (AvgIpc) is 2.28. The SMILES string of the molecule is CC1=CC(=O)C[C@H](C)[C@H]1S(=O)(=O)c1ccccc1. The monoisotopic (exact) mass is 264 g/mol. The molecule has 1 aromatic rings. The van der Waals surface area contributed by atoms with Gasteiger partial charge in [-0.15, -0.1) is 0 Å². The highest BCUT2D eigenvalue weighted by Gasteiger charge is 2.37. The van der Waals surface area contributed by atoms with Gasteiger partial charge in [-0.25, -0.2) is 8.42 Å². The van der Waals surface area contributed by atoms with Gasteiger partial charge >= 0.3 is 0 Å². The van der Waals surface area contributed by atoms with Crippen molar-refractivity contribution in [1.29, 1.82) is 0 Å². The van der Waals surface area contributed by atoms with Crippen LogP contribution in [0.1, 0.15) is 20.3 Å². The minimum atomic E-state index is -3.40. The van der Waals surface area contributed by atoms with Crippen LogP contribution in [0.15, 0.2) is 46.9 Å². The molecule has 0 saturated carbocycles. The topological polar surface area (TPSA) is 51.2 Å². The number of carbonyl (C=O) groups excluding carboxylic acids is 1. The molecule has 4 heteroatoms. The van der Waals surface area contributed by atoms with E-state index in [9.17, 15) is 13.2 Å². The Morgan fingerprint density at radius 1 is 1.17 bits per heavy atom. The molecule has 0 aromatic heterocycles. The van der Waals surface area contributed by atoms with Gasteiger partial charge in [-0.1, -0.05) is 30.7 Å². The van der Waals surface area contributed by atoms with Crippen molar-refractivity contribution in [2.45, 2.75) is 30.4 Å². The van der Waals surface area contributed by atoms with Gasteiger partial charge in [0.25, 0.3) is 0 Å². The van der Waals surface area contributed by atoms with Crippen molar-refractivity contribution in [3.05, 3.63) is 42.0 Å². The molecule has 0 fully saturated rings. The van der Waals surface area contributed by atoms with Crippen LogP contribution in [0.25, 0.3) is 0 Å². The fourth-order valence-electron chi connectivity index (χ4n) is 2.58. The Bertz CT molecular complexity index is 585. The van der Waals surface area contributed by atoms with Crippen LogP contribution >= 0.6 is 0 Å². The van der Waals surface area contributed by atoms with Crippen LogP contribution in [0.2, 0.25) is 0 Å². The first-order valence-corrected chi connectivity index (χ1v) is 7.47. The summed E-state index contributed by atoms with van der Waals surface area (Å²) < 4.78 is 25.1. The summed E-state index contributed by atoms with van der Waals surface area (Å²) in [4.78, 5) is 11.7. The summed E-state index contributed by atoms with van der Waals surface area (Å²) >= 11 is 0. The van der Waals surface area contributed by atoms with Gasteiger partial charge in [0, 0.05) is 6.42 Å². The number of sulfone groups is 1. The molecule has 2 rings (SSSR count). The van der Waals surface area contributed by atoms with Crippen molar-refractivity contribution in [2.75, 3.05) is 0 Å². The van der Waals surface area contributed by atoms with E-state index in [0.29, 0.717) is 16.9 Å². The Balaban J connectivity index is 2.48. The molecule has 0 saturated heterocycles. The summed E-state index contributed by atoms with van der Waals surface area (Å²) in [7, 11) is -3.40. The molecule has 1 aliphatic rings. The average molecular weight is 264 g/mol. The molecule has 0 spiro atoms. The smallest absolute Gasteiger partial charge is 0.185 e. The lowest BCUT2D eigenvalue weighted by Crippen LogP contribution is -2.34. The van der Waals surface area contributed by atoms with Crippen molar-refractivity contribution in [3.63, 3.8) is 0 Å². The van der Waals surface area contributed by atoms with Gasteiger partial charge in [0.1, 0.15) is 0 Å². The van der Waals surface area contributed by atoms with Crippen LogP contribution in [0, 0.1) is 5.92 Å². The normalized spacial score (nSPS) is 24.8. The third-order valence-electron chi connectivity index (χ3n) is 3.28. The number of hydrogen-bond donors (Lipinski definition) is 0. The zero-order valence-corrected chi connectivity index (χ0v) is 11.3. The maximum absolute atomic E-state index is 12.6. The van der Waals surface area contributed by atoms with Gasteiger partial charge in [-0.2, -0.15) is 0 Å². The summed E-state index contributed by atoms with van der Waals surface area (Å²) in [5.41, 5.74) is 0.641. The van der Waals surface area contributed by atoms with Crippen molar-refractivity contribution in [3.8, 4) is 0 Å². The predicted molar refractivity (Wildman–Crippen MR) is 70.0 cm³/mol.